The number of carbonyl (C=O) groups is 1. The predicted molar refractivity (Wildman–Crippen MR) is 169 cm³/mol. The maximum atomic E-state index is 13.7. The first-order chi connectivity index (χ1) is 21.2. The van der Waals surface area contributed by atoms with E-state index in [9.17, 15) is 22.9 Å². The second-order valence-corrected chi connectivity index (χ2v) is 17.7. The van der Waals surface area contributed by atoms with E-state index in [2.05, 4.69) is 5.32 Å². The zero-order valence-corrected chi connectivity index (χ0v) is 28.2. The van der Waals surface area contributed by atoms with Crippen LogP contribution in [0.2, 0.25) is 0 Å². The second-order valence-electron chi connectivity index (χ2n) is 12.4. The van der Waals surface area contributed by atoms with E-state index < -0.39 is 47.8 Å². The third-order valence-electron chi connectivity index (χ3n) is 7.59. The molecule has 4 rings (SSSR count). The average Bonchev–Trinajstić information content (AvgIpc) is 3.60. The summed E-state index contributed by atoms with van der Waals surface area (Å²) in [7, 11) is -4.87. The zero-order valence-electron chi connectivity index (χ0n) is 26.5. The van der Waals surface area contributed by atoms with Crippen LogP contribution in [0.3, 0.4) is 0 Å². The summed E-state index contributed by atoms with van der Waals surface area (Å²) in [6, 6.07) is 12.2. The summed E-state index contributed by atoms with van der Waals surface area (Å²) < 4.78 is 68.3. The van der Waals surface area contributed by atoms with Gasteiger partial charge in [0.2, 0.25) is 10.0 Å². The number of aliphatic hydroxyl groups is 1. The molecular weight excluding hydrogens is 623 g/mol. The van der Waals surface area contributed by atoms with Crippen LogP contribution in [-0.4, -0.2) is 102 Å². The molecule has 2 aliphatic rings. The Kier molecular flexibility index (Phi) is 11.9. The third-order valence-corrected chi connectivity index (χ3v) is 10.2. The fraction of sp³-hybridized carbons (Fsp3) is 0.581. The van der Waals surface area contributed by atoms with Gasteiger partial charge in [-0.1, -0.05) is 26.0 Å². The minimum atomic E-state index is -4.00. The number of methoxy groups -OCH3 is 1. The average molecular weight is 669 g/mol. The first-order valence-corrected chi connectivity index (χ1v) is 19.3. The first kappa shape index (κ1) is 35.2. The van der Waals surface area contributed by atoms with Crippen LogP contribution < -0.4 is 14.8 Å². The highest BCUT2D eigenvalue weighted by molar-refractivity contribution is 7.89. The number of hydrogen-bond donors (Lipinski definition) is 2. The molecule has 2 fully saturated rings. The largest absolute Gasteiger partial charge is 0.497 e. The lowest BCUT2D eigenvalue weighted by Crippen LogP contribution is -2.51. The molecule has 1 unspecified atom stereocenters. The predicted octanol–water partition coefficient (Wildman–Crippen LogP) is 3.76. The van der Waals surface area contributed by atoms with Crippen molar-refractivity contribution in [1.29, 1.82) is 0 Å². The molecule has 0 radical (unpaired) electrons. The Balaban J connectivity index is 1.53. The Morgan fingerprint density at radius 3 is 2.36 bits per heavy atom. The van der Waals surface area contributed by atoms with Gasteiger partial charge in [-0.05, 0) is 74.1 Å². The van der Waals surface area contributed by atoms with Gasteiger partial charge in [-0.25, -0.2) is 13.2 Å². The van der Waals surface area contributed by atoms with Gasteiger partial charge >= 0.3 is 6.09 Å². The summed E-state index contributed by atoms with van der Waals surface area (Å²) >= 11 is 0. The van der Waals surface area contributed by atoms with Crippen molar-refractivity contribution in [2.24, 2.45) is 11.8 Å². The number of ether oxygens (including phenoxy) is 5. The summed E-state index contributed by atoms with van der Waals surface area (Å²) in [5.74, 6) is 0.949. The number of alkyl carbamates (subject to hydrolysis) is 1. The number of benzene rings is 2. The fourth-order valence-electron chi connectivity index (χ4n) is 5.27. The Morgan fingerprint density at radius 2 is 1.73 bits per heavy atom. The zero-order chi connectivity index (χ0) is 32.8. The molecule has 2 aromatic rings. The maximum Gasteiger partial charge on any atom is 0.407 e. The van der Waals surface area contributed by atoms with Crippen molar-refractivity contribution in [3.63, 3.8) is 0 Å². The standard InChI is InChI=1S/C31H45N2O10PS/c1-21(2)17-33(45(37,38)25-12-10-23(39-3)11-13-25)18-28(34)27(16-22-6-8-24(9-7-22)42-20-44(4,5)36)32-31(35)43-29-19-41-30-26(29)14-15-40-30/h6-13,21,26-30,34H,14-20H2,1-5H3,(H,32,35)/t26?,27-,28+,29-,30+/m0/s1. The van der Waals surface area contributed by atoms with Gasteiger partial charge in [-0.15, -0.1) is 0 Å². The molecule has 2 heterocycles. The molecule has 0 aromatic heterocycles. The van der Waals surface area contributed by atoms with E-state index in [1.807, 2.05) is 13.8 Å². The van der Waals surface area contributed by atoms with Gasteiger partial charge in [0.1, 0.15) is 31.1 Å². The number of fused-ring (bicyclic) bond motifs is 1. The highest BCUT2D eigenvalue weighted by Gasteiger charge is 2.44. The SMILES string of the molecule is COc1ccc(S(=O)(=O)N(CC(C)C)C[C@@H](O)[C@H](Cc2ccc(OCP(C)(C)=O)cc2)NC(=O)O[C@H]2CO[C@H]3OCCC32)cc1. The first-order valence-electron chi connectivity index (χ1n) is 15.0. The second kappa shape index (κ2) is 15.3. The molecule has 45 heavy (non-hydrogen) atoms. The lowest BCUT2D eigenvalue weighted by Gasteiger charge is -2.31. The lowest BCUT2D eigenvalue weighted by molar-refractivity contribution is -0.0907. The Hall–Kier alpha value is -2.67. The van der Waals surface area contributed by atoms with Crippen LogP contribution in [0.4, 0.5) is 4.79 Å². The Bertz CT molecular complexity index is 1410. The van der Waals surface area contributed by atoms with Gasteiger partial charge in [-0.2, -0.15) is 4.31 Å². The molecule has 250 valence electrons. The topological polar surface area (TPSA) is 150 Å². The Morgan fingerprint density at radius 1 is 1.07 bits per heavy atom. The van der Waals surface area contributed by atoms with E-state index in [1.165, 1.54) is 23.5 Å². The molecule has 1 amide bonds. The van der Waals surface area contributed by atoms with E-state index in [0.717, 1.165) is 5.56 Å². The molecule has 2 aliphatic heterocycles. The van der Waals surface area contributed by atoms with E-state index in [1.54, 1.807) is 49.7 Å². The van der Waals surface area contributed by atoms with Crippen LogP contribution in [0.1, 0.15) is 25.8 Å². The van der Waals surface area contributed by atoms with Gasteiger partial charge in [0.25, 0.3) is 0 Å². The van der Waals surface area contributed by atoms with E-state index in [0.29, 0.717) is 24.5 Å². The summed E-state index contributed by atoms with van der Waals surface area (Å²) in [5, 5.41) is 14.3. The van der Waals surface area contributed by atoms with Crippen molar-refractivity contribution in [3.8, 4) is 11.5 Å². The summed E-state index contributed by atoms with van der Waals surface area (Å²) in [6.45, 7) is 7.68. The maximum absolute atomic E-state index is 13.7. The molecule has 12 nitrogen and oxygen atoms in total. The molecule has 2 N–H and O–H groups in total. The van der Waals surface area contributed by atoms with E-state index in [4.69, 9.17) is 23.7 Å². The molecule has 5 atom stereocenters. The van der Waals surface area contributed by atoms with Gasteiger partial charge in [-0.3, -0.25) is 0 Å². The molecule has 14 heteroatoms. The summed E-state index contributed by atoms with van der Waals surface area (Å²) in [4.78, 5) is 13.2. The minimum absolute atomic E-state index is 0.0420. The van der Waals surface area contributed by atoms with Crippen LogP contribution in [0.5, 0.6) is 11.5 Å². The minimum Gasteiger partial charge on any atom is -0.497 e. The molecule has 0 aliphatic carbocycles. The smallest absolute Gasteiger partial charge is 0.407 e. The van der Waals surface area contributed by atoms with Crippen LogP contribution in [0, 0.1) is 11.8 Å². The molecule has 2 aromatic carbocycles. The van der Waals surface area contributed by atoms with E-state index >= 15 is 0 Å². The summed E-state index contributed by atoms with van der Waals surface area (Å²) in [6.07, 6.45) is -1.94. The van der Waals surface area contributed by atoms with Crippen molar-refractivity contribution in [3.05, 3.63) is 54.1 Å². The Labute approximate surface area is 265 Å². The monoisotopic (exact) mass is 668 g/mol. The lowest BCUT2D eigenvalue weighted by atomic mass is 10.0. The number of nitrogens with zero attached hydrogens (tertiary/aromatic N) is 1. The van der Waals surface area contributed by atoms with Crippen molar-refractivity contribution in [2.45, 2.75) is 56.1 Å². The van der Waals surface area contributed by atoms with Gasteiger partial charge in [0.05, 0.1) is 43.3 Å². The molecule has 2 saturated heterocycles. The molecular formula is C31H45N2O10PS. The van der Waals surface area contributed by atoms with Crippen molar-refractivity contribution >= 4 is 23.3 Å². The van der Waals surface area contributed by atoms with Crippen LogP contribution >= 0.6 is 7.14 Å². The van der Waals surface area contributed by atoms with Gasteiger partial charge in [0.15, 0.2) is 6.29 Å². The number of nitrogens with one attached hydrogen (secondary N) is 1. The van der Waals surface area contributed by atoms with Crippen LogP contribution in [0.15, 0.2) is 53.4 Å². The summed E-state index contributed by atoms with van der Waals surface area (Å²) in [5.41, 5.74) is 0.754. The van der Waals surface area contributed by atoms with Crippen LogP contribution in [0.25, 0.3) is 0 Å². The molecule has 0 saturated carbocycles. The number of amides is 1. The quantitative estimate of drug-likeness (QED) is 0.269. The number of aliphatic hydroxyl groups excluding tert-OH is 1. The van der Waals surface area contributed by atoms with Crippen molar-refractivity contribution < 1.29 is 46.6 Å². The molecule has 0 bridgehead atoms. The normalized spacial score (nSPS) is 21.4. The van der Waals surface area contributed by atoms with Gasteiger partial charge < -0.3 is 38.7 Å². The number of hydrogen-bond acceptors (Lipinski definition) is 10. The van der Waals surface area contributed by atoms with Gasteiger partial charge in [0, 0.05) is 13.1 Å². The van der Waals surface area contributed by atoms with E-state index in [-0.39, 0.29) is 49.2 Å². The van der Waals surface area contributed by atoms with Crippen molar-refractivity contribution in [2.75, 3.05) is 53.1 Å². The highest BCUT2D eigenvalue weighted by Crippen LogP contribution is 2.36. The highest BCUT2D eigenvalue weighted by atomic mass is 32.2. The third kappa shape index (κ3) is 9.91. The number of rotatable bonds is 15. The number of sulfonamides is 1. The van der Waals surface area contributed by atoms with Crippen LogP contribution in [-0.2, 0) is 35.2 Å². The van der Waals surface area contributed by atoms with Crippen molar-refractivity contribution in [1.82, 2.24) is 9.62 Å². The number of carbonyl (C=O) groups excluding carboxylic acids is 1. The fourth-order valence-corrected chi connectivity index (χ4v) is 7.35. The molecule has 0 spiro atoms.